The number of hydrogen-bond acceptors (Lipinski definition) is 4. The number of ether oxygens (including phenoxy) is 1. The van der Waals surface area contributed by atoms with Crippen molar-refractivity contribution in [2.24, 2.45) is 5.92 Å². The Balaban J connectivity index is 1.26. The standard InChI is InChI=1S/C26H25N3O2/c27-17-23-3-1-4-24(16-23)26(30)29-13-10-21(11-14-29)15-20-6-8-22(9-7-20)19-31-25-5-2-12-28-18-25/h1-9,12,16,18,21H,10-11,13-15,19H2. The molecule has 0 bridgehead atoms. The predicted octanol–water partition coefficient (Wildman–Crippen LogP) is 4.63. The van der Waals surface area contributed by atoms with Crippen LogP contribution in [0.15, 0.2) is 73.1 Å². The molecule has 31 heavy (non-hydrogen) atoms. The first-order valence-electron chi connectivity index (χ1n) is 10.6. The minimum absolute atomic E-state index is 0.0218. The van der Waals surface area contributed by atoms with Crippen LogP contribution in [-0.2, 0) is 13.0 Å². The number of likely N-dealkylation sites (tertiary alicyclic amines) is 1. The average Bonchev–Trinajstić information content (AvgIpc) is 2.84. The molecule has 5 nitrogen and oxygen atoms in total. The molecule has 156 valence electrons. The lowest BCUT2D eigenvalue weighted by atomic mass is 9.89. The number of hydrogen-bond donors (Lipinski definition) is 0. The van der Waals surface area contributed by atoms with Crippen molar-refractivity contribution in [3.8, 4) is 11.8 Å². The van der Waals surface area contributed by atoms with Gasteiger partial charge in [0.1, 0.15) is 12.4 Å². The summed E-state index contributed by atoms with van der Waals surface area (Å²) in [5.74, 6) is 1.37. The van der Waals surface area contributed by atoms with Crippen LogP contribution in [0.2, 0.25) is 0 Å². The highest BCUT2D eigenvalue weighted by atomic mass is 16.5. The van der Waals surface area contributed by atoms with Gasteiger partial charge in [0.05, 0.1) is 17.8 Å². The van der Waals surface area contributed by atoms with Gasteiger partial charge in [-0.25, -0.2) is 0 Å². The van der Waals surface area contributed by atoms with Crippen molar-refractivity contribution in [3.05, 3.63) is 95.3 Å². The molecule has 4 rings (SSSR count). The zero-order chi connectivity index (χ0) is 21.5. The van der Waals surface area contributed by atoms with Gasteiger partial charge in [-0.3, -0.25) is 9.78 Å². The van der Waals surface area contributed by atoms with Crippen LogP contribution in [0.4, 0.5) is 0 Å². The van der Waals surface area contributed by atoms with Crippen molar-refractivity contribution in [2.45, 2.75) is 25.9 Å². The second-order valence-corrected chi connectivity index (χ2v) is 7.93. The molecule has 0 saturated carbocycles. The monoisotopic (exact) mass is 411 g/mol. The van der Waals surface area contributed by atoms with Gasteiger partial charge in [-0.1, -0.05) is 30.3 Å². The Kier molecular flexibility index (Phi) is 6.59. The maximum atomic E-state index is 12.7. The Morgan fingerprint density at radius 1 is 1.06 bits per heavy atom. The van der Waals surface area contributed by atoms with Gasteiger partial charge in [0.25, 0.3) is 5.91 Å². The maximum absolute atomic E-state index is 12.7. The molecule has 1 fully saturated rings. The van der Waals surface area contributed by atoms with Gasteiger partial charge in [-0.15, -0.1) is 0 Å². The zero-order valence-electron chi connectivity index (χ0n) is 17.4. The van der Waals surface area contributed by atoms with E-state index in [1.165, 1.54) is 5.56 Å². The minimum atomic E-state index is 0.0218. The molecular formula is C26H25N3O2. The third-order valence-corrected chi connectivity index (χ3v) is 5.73. The number of pyridine rings is 1. The first-order chi connectivity index (χ1) is 15.2. The zero-order valence-corrected chi connectivity index (χ0v) is 17.4. The normalized spacial score (nSPS) is 14.1. The number of nitrogens with zero attached hydrogens (tertiary/aromatic N) is 3. The number of carbonyl (C=O) groups excluding carboxylic acids is 1. The lowest BCUT2D eigenvalue weighted by Gasteiger charge is -2.32. The Morgan fingerprint density at radius 3 is 2.55 bits per heavy atom. The molecule has 1 aliphatic rings. The second-order valence-electron chi connectivity index (χ2n) is 7.93. The molecule has 3 aromatic rings. The lowest BCUT2D eigenvalue weighted by Crippen LogP contribution is -2.38. The van der Waals surface area contributed by atoms with Gasteiger partial charge in [-0.2, -0.15) is 5.26 Å². The highest BCUT2D eigenvalue weighted by molar-refractivity contribution is 5.94. The van der Waals surface area contributed by atoms with E-state index in [4.69, 9.17) is 10.00 Å². The van der Waals surface area contributed by atoms with Gasteiger partial charge in [0.2, 0.25) is 0 Å². The molecule has 0 aliphatic carbocycles. The van der Waals surface area contributed by atoms with Crippen LogP contribution in [0.5, 0.6) is 5.75 Å². The van der Waals surface area contributed by atoms with E-state index in [1.807, 2.05) is 17.0 Å². The van der Waals surface area contributed by atoms with Gasteiger partial charge in [0.15, 0.2) is 0 Å². The fourth-order valence-corrected chi connectivity index (χ4v) is 3.95. The number of benzene rings is 2. The van der Waals surface area contributed by atoms with Crippen LogP contribution in [0, 0.1) is 17.2 Å². The lowest BCUT2D eigenvalue weighted by molar-refractivity contribution is 0.0690. The van der Waals surface area contributed by atoms with Gasteiger partial charge < -0.3 is 9.64 Å². The summed E-state index contributed by atoms with van der Waals surface area (Å²) >= 11 is 0. The molecule has 2 heterocycles. The quantitative estimate of drug-likeness (QED) is 0.593. The Bertz CT molecular complexity index is 1050. The number of amides is 1. The van der Waals surface area contributed by atoms with Crippen molar-refractivity contribution in [3.63, 3.8) is 0 Å². The van der Waals surface area contributed by atoms with Crippen molar-refractivity contribution in [1.82, 2.24) is 9.88 Å². The largest absolute Gasteiger partial charge is 0.487 e. The van der Waals surface area contributed by atoms with Crippen molar-refractivity contribution in [2.75, 3.05) is 13.1 Å². The van der Waals surface area contributed by atoms with E-state index in [1.54, 1.807) is 36.7 Å². The topological polar surface area (TPSA) is 66.2 Å². The Labute approximate surface area is 182 Å². The second kappa shape index (κ2) is 9.90. The van der Waals surface area contributed by atoms with Crippen molar-refractivity contribution < 1.29 is 9.53 Å². The summed E-state index contributed by atoms with van der Waals surface area (Å²) in [6.45, 7) is 2.05. The van der Waals surface area contributed by atoms with Crippen LogP contribution in [0.25, 0.3) is 0 Å². The molecule has 5 heteroatoms. The van der Waals surface area contributed by atoms with E-state index in [2.05, 4.69) is 35.3 Å². The van der Waals surface area contributed by atoms with Crippen molar-refractivity contribution >= 4 is 5.91 Å². The fourth-order valence-electron chi connectivity index (χ4n) is 3.95. The predicted molar refractivity (Wildman–Crippen MR) is 118 cm³/mol. The molecule has 0 unspecified atom stereocenters. The van der Waals surface area contributed by atoms with Gasteiger partial charge in [-0.05, 0) is 66.6 Å². The summed E-state index contributed by atoms with van der Waals surface area (Å²) < 4.78 is 5.75. The summed E-state index contributed by atoms with van der Waals surface area (Å²) in [5.41, 5.74) is 3.57. The number of rotatable bonds is 6. The molecule has 1 aliphatic heterocycles. The minimum Gasteiger partial charge on any atom is -0.487 e. The number of aromatic nitrogens is 1. The summed E-state index contributed by atoms with van der Waals surface area (Å²) in [6, 6.07) is 21.4. The fraction of sp³-hybridized carbons (Fsp3) is 0.269. The third-order valence-electron chi connectivity index (χ3n) is 5.73. The number of carbonyl (C=O) groups is 1. The molecular weight excluding hydrogens is 386 g/mol. The first-order valence-corrected chi connectivity index (χ1v) is 10.6. The van der Waals surface area contributed by atoms with E-state index in [0.717, 1.165) is 43.7 Å². The van der Waals surface area contributed by atoms with E-state index in [9.17, 15) is 4.79 Å². The van der Waals surface area contributed by atoms with Crippen LogP contribution in [-0.4, -0.2) is 28.9 Å². The summed E-state index contributed by atoms with van der Waals surface area (Å²) in [5, 5.41) is 9.04. The smallest absolute Gasteiger partial charge is 0.253 e. The highest BCUT2D eigenvalue weighted by Gasteiger charge is 2.24. The molecule has 0 radical (unpaired) electrons. The van der Waals surface area contributed by atoms with Crippen LogP contribution >= 0.6 is 0 Å². The number of piperidine rings is 1. The molecule has 0 spiro atoms. The average molecular weight is 412 g/mol. The van der Waals surface area contributed by atoms with Crippen LogP contribution in [0.3, 0.4) is 0 Å². The molecule has 0 atom stereocenters. The molecule has 2 aromatic carbocycles. The summed E-state index contributed by atoms with van der Waals surface area (Å²) in [7, 11) is 0. The maximum Gasteiger partial charge on any atom is 0.253 e. The third kappa shape index (κ3) is 5.49. The molecule has 0 N–H and O–H groups in total. The van der Waals surface area contributed by atoms with Gasteiger partial charge in [0, 0.05) is 24.8 Å². The first kappa shape index (κ1) is 20.6. The summed E-state index contributed by atoms with van der Waals surface area (Å²) in [4.78, 5) is 18.7. The van der Waals surface area contributed by atoms with E-state index >= 15 is 0 Å². The van der Waals surface area contributed by atoms with E-state index < -0.39 is 0 Å². The number of nitriles is 1. The Hall–Kier alpha value is -3.65. The molecule has 1 amide bonds. The highest BCUT2D eigenvalue weighted by Crippen LogP contribution is 2.23. The SMILES string of the molecule is N#Cc1cccc(C(=O)N2CCC(Cc3ccc(COc4cccnc4)cc3)CC2)c1. The molecule has 1 aromatic heterocycles. The Morgan fingerprint density at radius 2 is 1.84 bits per heavy atom. The van der Waals surface area contributed by atoms with Gasteiger partial charge >= 0.3 is 0 Å². The van der Waals surface area contributed by atoms with Crippen LogP contribution in [0.1, 0.15) is 39.9 Å². The van der Waals surface area contributed by atoms with Crippen molar-refractivity contribution in [1.29, 1.82) is 5.26 Å². The van der Waals surface area contributed by atoms with Crippen LogP contribution < -0.4 is 4.74 Å². The van der Waals surface area contributed by atoms with E-state index in [0.29, 0.717) is 23.7 Å². The summed E-state index contributed by atoms with van der Waals surface area (Å²) in [6.07, 6.45) is 6.46. The molecule has 1 saturated heterocycles. The van der Waals surface area contributed by atoms with E-state index in [-0.39, 0.29) is 5.91 Å².